The number of ether oxygens (including phenoxy) is 1. The van der Waals surface area contributed by atoms with Crippen molar-refractivity contribution < 1.29 is 18.3 Å². The number of hydrogen-bond donors (Lipinski definition) is 1. The van der Waals surface area contributed by atoms with Gasteiger partial charge in [-0.25, -0.2) is 8.78 Å². The van der Waals surface area contributed by atoms with Gasteiger partial charge in [-0.05, 0) is 12.1 Å². The Balaban J connectivity index is 2.54. The van der Waals surface area contributed by atoms with Gasteiger partial charge in [-0.1, -0.05) is 0 Å². The third-order valence-electron chi connectivity index (χ3n) is 1.68. The summed E-state index contributed by atoms with van der Waals surface area (Å²) < 4.78 is 30.5. The zero-order chi connectivity index (χ0) is 9.42. The van der Waals surface area contributed by atoms with Crippen LogP contribution in [0.4, 0.5) is 14.5 Å². The third kappa shape index (κ3) is 1.22. The van der Waals surface area contributed by atoms with Crippen LogP contribution >= 0.6 is 0 Å². The van der Waals surface area contributed by atoms with E-state index in [1.807, 2.05) is 0 Å². The number of carbonyl (C=O) groups excluding carboxylic acids is 1. The van der Waals surface area contributed by atoms with Crippen LogP contribution in [0.3, 0.4) is 0 Å². The summed E-state index contributed by atoms with van der Waals surface area (Å²) in [7, 11) is 0. The molecule has 0 bridgehead atoms. The van der Waals surface area contributed by atoms with Crippen LogP contribution in [0.15, 0.2) is 12.1 Å². The van der Waals surface area contributed by atoms with Gasteiger partial charge in [0.15, 0.2) is 18.2 Å². The first-order chi connectivity index (χ1) is 6.18. The minimum absolute atomic E-state index is 0.151. The number of rotatable bonds is 0. The van der Waals surface area contributed by atoms with Gasteiger partial charge in [0.2, 0.25) is 0 Å². The van der Waals surface area contributed by atoms with E-state index in [9.17, 15) is 13.6 Å². The molecule has 0 spiro atoms. The molecule has 2 rings (SSSR count). The lowest BCUT2D eigenvalue weighted by Gasteiger charge is -2.17. The Labute approximate surface area is 72.3 Å². The van der Waals surface area contributed by atoms with Gasteiger partial charge in [-0.3, -0.25) is 4.79 Å². The van der Waals surface area contributed by atoms with E-state index < -0.39 is 17.5 Å². The van der Waals surface area contributed by atoms with E-state index in [-0.39, 0.29) is 18.0 Å². The summed E-state index contributed by atoms with van der Waals surface area (Å²) in [6, 6.07) is 2.22. The van der Waals surface area contributed by atoms with Crippen LogP contribution in [-0.4, -0.2) is 12.5 Å². The van der Waals surface area contributed by atoms with Crippen LogP contribution in [0, 0.1) is 11.6 Å². The molecule has 0 saturated carbocycles. The van der Waals surface area contributed by atoms with Crippen molar-refractivity contribution in [3.05, 3.63) is 23.8 Å². The maximum absolute atomic E-state index is 13.0. The van der Waals surface area contributed by atoms with Crippen LogP contribution in [0.5, 0.6) is 5.75 Å². The molecule has 3 nitrogen and oxygen atoms in total. The Hall–Kier alpha value is -1.65. The average Bonchev–Trinajstić information content (AvgIpc) is 2.12. The molecule has 0 fully saturated rings. The van der Waals surface area contributed by atoms with Crippen molar-refractivity contribution in [2.45, 2.75) is 0 Å². The van der Waals surface area contributed by atoms with E-state index in [2.05, 4.69) is 5.32 Å². The normalized spacial score (nSPS) is 14.5. The zero-order valence-corrected chi connectivity index (χ0v) is 6.43. The van der Waals surface area contributed by atoms with E-state index >= 15 is 0 Å². The van der Waals surface area contributed by atoms with Gasteiger partial charge in [-0.15, -0.1) is 0 Å². The van der Waals surface area contributed by atoms with Crippen molar-refractivity contribution in [3.8, 4) is 5.75 Å². The SMILES string of the molecule is O=C1COc2ccc(F)c(F)c2N1. The van der Waals surface area contributed by atoms with Crippen molar-refractivity contribution >= 4 is 11.6 Å². The topological polar surface area (TPSA) is 38.3 Å². The fraction of sp³-hybridized carbons (Fsp3) is 0.125. The molecule has 0 atom stereocenters. The van der Waals surface area contributed by atoms with E-state index in [0.717, 1.165) is 6.07 Å². The second-order valence-corrected chi connectivity index (χ2v) is 2.57. The van der Waals surface area contributed by atoms with Crippen LogP contribution in [-0.2, 0) is 4.79 Å². The summed E-state index contributed by atoms with van der Waals surface area (Å²) in [4.78, 5) is 10.8. The number of carbonyl (C=O) groups is 1. The van der Waals surface area contributed by atoms with Gasteiger partial charge in [0, 0.05) is 0 Å². The number of nitrogens with one attached hydrogen (secondary N) is 1. The van der Waals surface area contributed by atoms with E-state index in [0.29, 0.717) is 0 Å². The van der Waals surface area contributed by atoms with Crippen LogP contribution < -0.4 is 10.1 Å². The van der Waals surface area contributed by atoms with E-state index in [1.54, 1.807) is 0 Å². The second-order valence-electron chi connectivity index (χ2n) is 2.57. The maximum Gasteiger partial charge on any atom is 0.262 e. The smallest absolute Gasteiger partial charge is 0.262 e. The molecule has 0 aromatic heterocycles. The van der Waals surface area contributed by atoms with Crippen molar-refractivity contribution in [2.75, 3.05) is 11.9 Å². The van der Waals surface area contributed by atoms with Crippen molar-refractivity contribution in [2.24, 2.45) is 0 Å². The molecule has 0 radical (unpaired) electrons. The first-order valence-corrected chi connectivity index (χ1v) is 3.59. The number of halogens is 2. The monoisotopic (exact) mass is 185 g/mol. The highest BCUT2D eigenvalue weighted by atomic mass is 19.2. The molecule has 68 valence electrons. The third-order valence-corrected chi connectivity index (χ3v) is 1.68. The lowest BCUT2D eigenvalue weighted by molar-refractivity contribution is -0.118. The number of benzene rings is 1. The molecular formula is C8H5F2NO2. The Morgan fingerprint density at radius 1 is 1.38 bits per heavy atom. The average molecular weight is 185 g/mol. The Kier molecular flexibility index (Phi) is 1.65. The van der Waals surface area contributed by atoms with Crippen molar-refractivity contribution in [1.82, 2.24) is 0 Å². The highest BCUT2D eigenvalue weighted by Gasteiger charge is 2.21. The molecule has 1 aliphatic heterocycles. The molecule has 1 N–H and O–H groups in total. The summed E-state index contributed by atoms with van der Waals surface area (Å²) in [6.45, 7) is -0.169. The number of amides is 1. The molecule has 0 aliphatic carbocycles. The summed E-state index contributed by atoms with van der Waals surface area (Å²) in [5.41, 5.74) is -0.226. The number of anilines is 1. The van der Waals surface area contributed by atoms with Crippen molar-refractivity contribution in [1.29, 1.82) is 0 Å². The largest absolute Gasteiger partial charge is 0.481 e. The lowest BCUT2D eigenvalue weighted by atomic mass is 10.2. The minimum atomic E-state index is -1.09. The van der Waals surface area contributed by atoms with Crippen molar-refractivity contribution in [3.63, 3.8) is 0 Å². The highest BCUT2D eigenvalue weighted by molar-refractivity contribution is 5.95. The molecule has 1 heterocycles. The number of fused-ring (bicyclic) bond motifs is 1. The molecule has 0 unspecified atom stereocenters. The Morgan fingerprint density at radius 3 is 2.92 bits per heavy atom. The van der Waals surface area contributed by atoms with Gasteiger partial charge in [0.1, 0.15) is 11.4 Å². The molecule has 0 saturated heterocycles. The van der Waals surface area contributed by atoms with E-state index in [4.69, 9.17) is 4.74 Å². The van der Waals surface area contributed by atoms with E-state index in [1.165, 1.54) is 6.07 Å². The van der Waals surface area contributed by atoms with Gasteiger partial charge >= 0.3 is 0 Å². The van der Waals surface area contributed by atoms with Crippen LogP contribution in [0.1, 0.15) is 0 Å². The quantitative estimate of drug-likeness (QED) is 0.661. The Morgan fingerprint density at radius 2 is 2.15 bits per heavy atom. The second kappa shape index (κ2) is 2.69. The highest BCUT2D eigenvalue weighted by Crippen LogP contribution is 2.31. The molecule has 1 aromatic rings. The summed E-state index contributed by atoms with van der Waals surface area (Å²) in [6.07, 6.45) is 0. The minimum Gasteiger partial charge on any atom is -0.481 e. The summed E-state index contributed by atoms with van der Waals surface area (Å²) >= 11 is 0. The first kappa shape index (κ1) is 7.97. The summed E-state index contributed by atoms with van der Waals surface area (Å²) in [5, 5.41) is 2.19. The fourth-order valence-electron chi connectivity index (χ4n) is 1.09. The summed E-state index contributed by atoms with van der Waals surface area (Å²) in [5.74, 6) is -2.44. The fourth-order valence-corrected chi connectivity index (χ4v) is 1.09. The maximum atomic E-state index is 13.0. The predicted molar refractivity (Wildman–Crippen MR) is 40.5 cm³/mol. The standard InChI is InChI=1S/C8H5F2NO2/c9-4-1-2-5-8(7(4)10)11-6(12)3-13-5/h1-2H,3H2,(H,11,12). The molecular weight excluding hydrogens is 180 g/mol. The number of hydrogen-bond acceptors (Lipinski definition) is 2. The Bertz CT molecular complexity index is 379. The van der Waals surface area contributed by atoms with Gasteiger partial charge < -0.3 is 10.1 Å². The molecule has 1 aliphatic rings. The molecule has 5 heteroatoms. The lowest BCUT2D eigenvalue weighted by Crippen LogP contribution is -2.26. The predicted octanol–water partition coefficient (Wildman–Crippen LogP) is 1.30. The van der Waals surface area contributed by atoms with Gasteiger partial charge in [0.05, 0.1) is 0 Å². The van der Waals surface area contributed by atoms with Crippen LogP contribution in [0.25, 0.3) is 0 Å². The zero-order valence-electron chi connectivity index (χ0n) is 6.43. The first-order valence-electron chi connectivity index (χ1n) is 3.59. The molecule has 1 amide bonds. The molecule has 13 heavy (non-hydrogen) atoms. The van der Waals surface area contributed by atoms with Crippen LogP contribution in [0.2, 0.25) is 0 Å². The molecule has 1 aromatic carbocycles. The van der Waals surface area contributed by atoms with Gasteiger partial charge in [-0.2, -0.15) is 0 Å². The van der Waals surface area contributed by atoms with Gasteiger partial charge in [0.25, 0.3) is 5.91 Å².